The summed E-state index contributed by atoms with van der Waals surface area (Å²) in [6.07, 6.45) is 1.19. The fourth-order valence-electron chi connectivity index (χ4n) is 2.12. The molecule has 8 nitrogen and oxygen atoms in total. The summed E-state index contributed by atoms with van der Waals surface area (Å²) in [5, 5.41) is 13.1. The molecule has 1 atom stereocenters. The van der Waals surface area contributed by atoms with E-state index >= 15 is 0 Å². The fourth-order valence-corrected chi connectivity index (χ4v) is 3.89. The number of methoxy groups -OCH3 is 1. The normalized spacial score (nSPS) is 20.6. The highest BCUT2D eigenvalue weighted by molar-refractivity contribution is 7.92. The predicted molar refractivity (Wildman–Crippen MR) is 72.7 cm³/mol. The van der Waals surface area contributed by atoms with Gasteiger partial charge in [-0.15, -0.1) is 0 Å². The molecular formula is C11H15N3O5S. The fraction of sp³-hybridized carbons (Fsp3) is 0.545. The van der Waals surface area contributed by atoms with Crippen LogP contribution in [0.2, 0.25) is 0 Å². The average molecular weight is 301 g/mol. The molecule has 0 amide bonds. The molecule has 1 fully saturated rings. The lowest BCUT2D eigenvalue weighted by molar-refractivity contribution is -0.384. The van der Waals surface area contributed by atoms with Gasteiger partial charge < -0.3 is 10.1 Å². The van der Waals surface area contributed by atoms with E-state index in [9.17, 15) is 18.5 Å². The summed E-state index contributed by atoms with van der Waals surface area (Å²) in [5.74, 6) is 0.427. The first-order valence-electron chi connectivity index (χ1n) is 6.09. The van der Waals surface area contributed by atoms with E-state index in [0.29, 0.717) is 12.8 Å². The van der Waals surface area contributed by atoms with E-state index in [-0.39, 0.29) is 29.7 Å². The molecule has 1 aromatic rings. The van der Waals surface area contributed by atoms with Crippen LogP contribution in [0.5, 0.6) is 5.88 Å². The van der Waals surface area contributed by atoms with Gasteiger partial charge in [-0.05, 0) is 12.8 Å². The van der Waals surface area contributed by atoms with E-state index in [1.54, 1.807) is 0 Å². The van der Waals surface area contributed by atoms with E-state index in [1.165, 1.54) is 19.2 Å². The number of rotatable bonds is 5. The molecule has 0 bridgehead atoms. The van der Waals surface area contributed by atoms with Crippen molar-refractivity contribution in [1.29, 1.82) is 0 Å². The van der Waals surface area contributed by atoms with Crippen molar-refractivity contribution in [3.05, 3.63) is 22.2 Å². The highest BCUT2D eigenvalue weighted by Crippen LogP contribution is 2.26. The van der Waals surface area contributed by atoms with Gasteiger partial charge in [-0.2, -0.15) is 4.98 Å². The molecule has 1 aliphatic heterocycles. The second-order valence-electron chi connectivity index (χ2n) is 4.49. The number of sulfone groups is 1. The molecule has 1 aliphatic rings. The Bertz CT molecular complexity index is 616. The van der Waals surface area contributed by atoms with E-state index in [2.05, 4.69) is 10.3 Å². The van der Waals surface area contributed by atoms with Crippen LogP contribution in [-0.4, -0.2) is 43.0 Å². The van der Waals surface area contributed by atoms with E-state index in [0.717, 1.165) is 0 Å². The van der Waals surface area contributed by atoms with Gasteiger partial charge in [-0.3, -0.25) is 10.1 Å². The van der Waals surface area contributed by atoms with Gasteiger partial charge in [0.2, 0.25) is 11.7 Å². The standard InChI is InChI=1S/C11H15N3O5S/c1-19-10-5-4-9(14(15)16)11(13-10)12-7-8-3-2-6-20(8,17)18/h4-5,8H,2-3,6-7H2,1H3,(H,12,13). The minimum absolute atomic E-state index is 0.0245. The monoisotopic (exact) mass is 301 g/mol. The van der Waals surface area contributed by atoms with Crippen LogP contribution in [0.3, 0.4) is 0 Å². The van der Waals surface area contributed by atoms with Gasteiger partial charge in [-0.1, -0.05) is 0 Å². The molecule has 0 aromatic carbocycles. The van der Waals surface area contributed by atoms with Crippen LogP contribution in [0.25, 0.3) is 0 Å². The van der Waals surface area contributed by atoms with Gasteiger partial charge in [0.1, 0.15) is 0 Å². The van der Waals surface area contributed by atoms with Crippen molar-refractivity contribution in [3.8, 4) is 5.88 Å². The zero-order valence-electron chi connectivity index (χ0n) is 10.9. The largest absolute Gasteiger partial charge is 0.481 e. The molecule has 0 spiro atoms. The molecule has 0 radical (unpaired) electrons. The van der Waals surface area contributed by atoms with Gasteiger partial charge in [-0.25, -0.2) is 8.42 Å². The van der Waals surface area contributed by atoms with Crippen molar-refractivity contribution in [2.45, 2.75) is 18.1 Å². The lowest BCUT2D eigenvalue weighted by Gasteiger charge is -2.12. The van der Waals surface area contributed by atoms with Crippen LogP contribution < -0.4 is 10.1 Å². The Morgan fingerprint density at radius 2 is 2.30 bits per heavy atom. The quantitative estimate of drug-likeness (QED) is 0.637. The molecular weight excluding hydrogens is 286 g/mol. The second kappa shape index (κ2) is 5.61. The Labute approximate surface area is 116 Å². The predicted octanol–water partition coefficient (Wildman–Crippen LogP) is 0.987. The Morgan fingerprint density at radius 3 is 2.85 bits per heavy atom. The lowest BCUT2D eigenvalue weighted by atomic mass is 10.2. The van der Waals surface area contributed by atoms with Crippen LogP contribution >= 0.6 is 0 Å². The van der Waals surface area contributed by atoms with Crippen molar-refractivity contribution >= 4 is 21.3 Å². The third-order valence-electron chi connectivity index (χ3n) is 3.21. The number of nitrogens with zero attached hydrogens (tertiary/aromatic N) is 2. The maximum absolute atomic E-state index is 11.7. The van der Waals surface area contributed by atoms with Crippen molar-refractivity contribution in [3.63, 3.8) is 0 Å². The molecule has 1 saturated heterocycles. The van der Waals surface area contributed by atoms with E-state index in [4.69, 9.17) is 4.74 Å². The smallest absolute Gasteiger partial charge is 0.311 e. The van der Waals surface area contributed by atoms with Gasteiger partial charge in [0.05, 0.1) is 23.0 Å². The Kier molecular flexibility index (Phi) is 4.07. The Hall–Kier alpha value is -1.90. The van der Waals surface area contributed by atoms with Crippen LogP contribution in [0.15, 0.2) is 12.1 Å². The first-order chi connectivity index (χ1) is 9.44. The second-order valence-corrected chi connectivity index (χ2v) is 6.89. The zero-order chi connectivity index (χ0) is 14.8. The van der Waals surface area contributed by atoms with Gasteiger partial charge >= 0.3 is 5.69 Å². The summed E-state index contributed by atoms with van der Waals surface area (Å²) in [5.41, 5.74) is -0.207. The first-order valence-corrected chi connectivity index (χ1v) is 7.80. The Balaban J connectivity index is 2.17. The molecule has 1 aromatic heterocycles. The molecule has 0 aliphatic carbocycles. The van der Waals surface area contributed by atoms with Crippen LogP contribution in [0, 0.1) is 10.1 Å². The average Bonchev–Trinajstić information content (AvgIpc) is 2.74. The number of hydrogen-bond acceptors (Lipinski definition) is 7. The summed E-state index contributed by atoms with van der Waals surface area (Å²) < 4.78 is 28.3. The van der Waals surface area contributed by atoms with Gasteiger partial charge in [0, 0.05) is 18.7 Å². The Morgan fingerprint density at radius 1 is 1.55 bits per heavy atom. The molecule has 1 unspecified atom stereocenters. The van der Waals surface area contributed by atoms with E-state index < -0.39 is 20.0 Å². The summed E-state index contributed by atoms with van der Waals surface area (Å²) in [6.45, 7) is 0.114. The number of ether oxygens (including phenoxy) is 1. The molecule has 2 heterocycles. The van der Waals surface area contributed by atoms with Gasteiger partial charge in [0.15, 0.2) is 9.84 Å². The first kappa shape index (κ1) is 14.5. The minimum Gasteiger partial charge on any atom is -0.481 e. The topological polar surface area (TPSA) is 111 Å². The summed E-state index contributed by atoms with van der Waals surface area (Å²) in [4.78, 5) is 14.3. The SMILES string of the molecule is COc1ccc([N+](=O)[O-])c(NCC2CCCS2(=O)=O)n1. The highest BCUT2D eigenvalue weighted by Gasteiger charge is 2.31. The summed E-state index contributed by atoms with van der Waals surface area (Å²) in [6, 6.07) is 2.66. The summed E-state index contributed by atoms with van der Waals surface area (Å²) in [7, 11) is -1.70. The molecule has 0 saturated carbocycles. The number of nitrogens with one attached hydrogen (secondary N) is 1. The molecule has 2 rings (SSSR count). The van der Waals surface area contributed by atoms with Crippen molar-refractivity contribution in [2.75, 3.05) is 24.7 Å². The van der Waals surface area contributed by atoms with Crippen LogP contribution in [0.1, 0.15) is 12.8 Å². The van der Waals surface area contributed by atoms with Crippen LogP contribution in [0.4, 0.5) is 11.5 Å². The maximum atomic E-state index is 11.7. The minimum atomic E-state index is -3.10. The number of anilines is 1. The third-order valence-corrected chi connectivity index (χ3v) is 5.49. The number of pyridine rings is 1. The molecule has 110 valence electrons. The van der Waals surface area contributed by atoms with Crippen molar-refractivity contribution < 1.29 is 18.1 Å². The van der Waals surface area contributed by atoms with Crippen molar-refractivity contribution in [2.24, 2.45) is 0 Å². The number of aromatic nitrogens is 1. The summed E-state index contributed by atoms with van der Waals surface area (Å²) >= 11 is 0. The number of hydrogen-bond donors (Lipinski definition) is 1. The molecule has 9 heteroatoms. The highest BCUT2D eigenvalue weighted by atomic mass is 32.2. The number of nitro groups is 1. The van der Waals surface area contributed by atoms with E-state index in [1.807, 2.05) is 0 Å². The van der Waals surface area contributed by atoms with Crippen molar-refractivity contribution in [1.82, 2.24) is 4.98 Å². The third kappa shape index (κ3) is 2.98. The maximum Gasteiger partial charge on any atom is 0.311 e. The molecule has 1 N–H and O–H groups in total. The zero-order valence-corrected chi connectivity index (χ0v) is 11.7. The van der Waals surface area contributed by atoms with Crippen LogP contribution in [-0.2, 0) is 9.84 Å². The molecule has 20 heavy (non-hydrogen) atoms. The van der Waals surface area contributed by atoms with Gasteiger partial charge in [0.25, 0.3) is 0 Å². The lowest BCUT2D eigenvalue weighted by Crippen LogP contribution is -2.25.